The second-order valence-electron chi connectivity index (χ2n) is 7.90. The van der Waals surface area contributed by atoms with Gasteiger partial charge in [-0.3, -0.25) is 13.8 Å². The zero-order chi connectivity index (χ0) is 27.4. The molecule has 0 aliphatic heterocycles. The molecule has 3 rings (SSSR count). The number of halogens is 1. The molecule has 0 aromatic heterocycles. The van der Waals surface area contributed by atoms with E-state index in [0.29, 0.717) is 17.2 Å². The number of amides is 1. The Morgan fingerprint density at radius 1 is 0.892 bits per heavy atom. The van der Waals surface area contributed by atoms with Gasteiger partial charge in [0.2, 0.25) is 15.9 Å². The van der Waals surface area contributed by atoms with E-state index in [4.69, 9.17) is 21.1 Å². The highest BCUT2D eigenvalue weighted by atomic mass is 35.5. The first kappa shape index (κ1) is 28.1. The van der Waals surface area contributed by atoms with Crippen molar-refractivity contribution in [1.29, 1.82) is 0 Å². The first-order chi connectivity index (χ1) is 17.4. The Balaban J connectivity index is 1.76. The molecule has 0 aliphatic rings. The molecule has 0 heterocycles. The van der Waals surface area contributed by atoms with Crippen molar-refractivity contribution in [3.63, 3.8) is 0 Å². The molecule has 13 heteroatoms. The monoisotopic (exact) mass is 567 g/mol. The Morgan fingerprint density at radius 3 is 2.00 bits per heavy atom. The third-order valence-electron chi connectivity index (χ3n) is 5.25. The van der Waals surface area contributed by atoms with Gasteiger partial charge in [-0.05, 0) is 73.7 Å². The van der Waals surface area contributed by atoms with Crippen LogP contribution in [0.4, 0.5) is 17.1 Å². The standard InChI is InChI=1S/C24H26ClN3O7S2/c1-16(28(36(4,30)31)19-9-14-23(35-3)22(25)15-19)24(29)26-17-7-12-21(13-8-17)37(32,33)27-18-5-10-20(34-2)11-6-18/h5-16,27H,1-4H3,(H,26,29)/t16-/m0/s1. The smallest absolute Gasteiger partial charge is 0.261 e. The van der Waals surface area contributed by atoms with Crippen LogP contribution in [0.5, 0.6) is 11.5 Å². The zero-order valence-electron chi connectivity index (χ0n) is 20.4. The molecule has 0 spiro atoms. The first-order valence-corrected chi connectivity index (χ1v) is 14.5. The number of benzene rings is 3. The predicted molar refractivity (Wildman–Crippen MR) is 144 cm³/mol. The number of ether oxygens (including phenoxy) is 2. The third-order valence-corrected chi connectivity index (χ3v) is 8.19. The van der Waals surface area contributed by atoms with Crippen molar-refractivity contribution in [3.05, 3.63) is 71.8 Å². The molecule has 0 fully saturated rings. The zero-order valence-corrected chi connectivity index (χ0v) is 22.8. The van der Waals surface area contributed by atoms with Gasteiger partial charge >= 0.3 is 0 Å². The SMILES string of the molecule is COc1ccc(NS(=O)(=O)c2ccc(NC(=O)[C@H](C)N(c3ccc(OC)c(Cl)c3)S(C)(=O)=O)cc2)cc1. The van der Waals surface area contributed by atoms with Crippen molar-refractivity contribution in [2.45, 2.75) is 17.9 Å². The lowest BCUT2D eigenvalue weighted by Gasteiger charge is -2.28. The van der Waals surface area contributed by atoms with Crippen molar-refractivity contribution >= 4 is 54.6 Å². The lowest BCUT2D eigenvalue weighted by Crippen LogP contribution is -2.45. The molecule has 198 valence electrons. The Hall–Kier alpha value is -3.48. The minimum Gasteiger partial charge on any atom is -0.497 e. The highest BCUT2D eigenvalue weighted by Gasteiger charge is 2.30. The van der Waals surface area contributed by atoms with E-state index in [1.165, 1.54) is 63.6 Å². The summed E-state index contributed by atoms with van der Waals surface area (Å²) in [5, 5.41) is 2.79. The molecule has 3 aromatic carbocycles. The lowest BCUT2D eigenvalue weighted by molar-refractivity contribution is -0.116. The van der Waals surface area contributed by atoms with Crippen molar-refractivity contribution in [2.24, 2.45) is 0 Å². The van der Waals surface area contributed by atoms with E-state index in [-0.39, 0.29) is 21.3 Å². The van der Waals surface area contributed by atoms with Crippen LogP contribution in [0.1, 0.15) is 6.92 Å². The average molecular weight is 568 g/mol. The number of carbonyl (C=O) groups excluding carboxylic acids is 1. The number of carbonyl (C=O) groups is 1. The predicted octanol–water partition coefficient (Wildman–Crippen LogP) is 3.95. The van der Waals surface area contributed by atoms with E-state index in [1.807, 2.05) is 0 Å². The maximum Gasteiger partial charge on any atom is 0.261 e. The highest BCUT2D eigenvalue weighted by Crippen LogP contribution is 2.31. The van der Waals surface area contributed by atoms with Crippen LogP contribution in [0.15, 0.2) is 71.6 Å². The van der Waals surface area contributed by atoms with Gasteiger partial charge < -0.3 is 14.8 Å². The van der Waals surface area contributed by atoms with Crippen LogP contribution in [-0.2, 0) is 24.8 Å². The van der Waals surface area contributed by atoms with Crippen LogP contribution in [-0.4, -0.2) is 49.3 Å². The van der Waals surface area contributed by atoms with E-state index in [9.17, 15) is 21.6 Å². The molecule has 0 aliphatic carbocycles. The molecule has 0 saturated carbocycles. The molecule has 37 heavy (non-hydrogen) atoms. The van der Waals surface area contributed by atoms with E-state index in [2.05, 4.69) is 10.0 Å². The molecule has 0 radical (unpaired) electrons. The number of hydrogen-bond acceptors (Lipinski definition) is 7. The van der Waals surface area contributed by atoms with Gasteiger partial charge in [0, 0.05) is 11.4 Å². The van der Waals surface area contributed by atoms with Crippen LogP contribution >= 0.6 is 11.6 Å². The lowest BCUT2D eigenvalue weighted by atomic mass is 10.2. The fourth-order valence-electron chi connectivity index (χ4n) is 3.44. The number of methoxy groups -OCH3 is 2. The van der Waals surface area contributed by atoms with Gasteiger partial charge in [-0.2, -0.15) is 0 Å². The molecule has 2 N–H and O–H groups in total. The Kier molecular flexibility index (Phi) is 8.57. The van der Waals surface area contributed by atoms with Crippen LogP contribution in [0, 0.1) is 0 Å². The van der Waals surface area contributed by atoms with E-state index < -0.39 is 32.0 Å². The third kappa shape index (κ3) is 6.85. The van der Waals surface area contributed by atoms with Crippen molar-refractivity contribution in [2.75, 3.05) is 34.8 Å². The van der Waals surface area contributed by atoms with Crippen LogP contribution in [0.25, 0.3) is 0 Å². The Bertz CT molecular complexity index is 1480. The van der Waals surface area contributed by atoms with E-state index >= 15 is 0 Å². The molecule has 1 amide bonds. The fourth-order valence-corrected chi connectivity index (χ4v) is 5.92. The summed E-state index contributed by atoms with van der Waals surface area (Å²) in [4.78, 5) is 12.9. The summed E-state index contributed by atoms with van der Waals surface area (Å²) in [5.74, 6) is 0.304. The number of rotatable bonds is 10. The summed E-state index contributed by atoms with van der Waals surface area (Å²) in [6.45, 7) is 1.42. The van der Waals surface area contributed by atoms with Gasteiger partial charge in [-0.15, -0.1) is 0 Å². The van der Waals surface area contributed by atoms with E-state index in [0.717, 1.165) is 10.6 Å². The normalized spacial score (nSPS) is 12.4. The van der Waals surface area contributed by atoms with Gasteiger partial charge in [0.15, 0.2) is 0 Å². The van der Waals surface area contributed by atoms with Gasteiger partial charge in [0.1, 0.15) is 17.5 Å². The maximum atomic E-state index is 12.9. The first-order valence-electron chi connectivity index (χ1n) is 10.8. The molecule has 3 aromatic rings. The van der Waals surface area contributed by atoms with Crippen LogP contribution in [0.3, 0.4) is 0 Å². The Morgan fingerprint density at radius 2 is 1.49 bits per heavy atom. The number of anilines is 3. The van der Waals surface area contributed by atoms with Gasteiger partial charge in [-0.1, -0.05) is 11.6 Å². The van der Waals surface area contributed by atoms with Crippen LogP contribution < -0.4 is 23.8 Å². The second kappa shape index (κ2) is 11.3. The largest absolute Gasteiger partial charge is 0.497 e. The second-order valence-corrected chi connectivity index (χ2v) is 11.9. The van der Waals surface area contributed by atoms with Gasteiger partial charge in [0.25, 0.3) is 10.0 Å². The summed E-state index contributed by atoms with van der Waals surface area (Å²) in [7, 11) is -4.83. The number of nitrogens with one attached hydrogen (secondary N) is 2. The molecular formula is C24H26ClN3O7S2. The highest BCUT2D eigenvalue weighted by molar-refractivity contribution is 7.92. The summed E-state index contributed by atoms with van der Waals surface area (Å²) in [6.07, 6.45) is 0.977. The quantitative estimate of drug-likeness (QED) is 0.379. The van der Waals surface area contributed by atoms with Gasteiger partial charge in [-0.25, -0.2) is 16.8 Å². The minimum atomic E-state index is -3.89. The fraction of sp³-hybridized carbons (Fsp3) is 0.208. The molecule has 0 saturated heterocycles. The molecule has 10 nitrogen and oxygen atoms in total. The van der Waals surface area contributed by atoms with Gasteiger partial charge in [0.05, 0.1) is 36.1 Å². The summed E-state index contributed by atoms with van der Waals surface area (Å²) in [5.41, 5.74) is 0.815. The number of hydrogen-bond donors (Lipinski definition) is 2. The van der Waals surface area contributed by atoms with Crippen molar-refractivity contribution in [3.8, 4) is 11.5 Å². The Labute approximate surface area is 221 Å². The summed E-state index contributed by atoms with van der Waals surface area (Å²) < 4.78 is 64.0. The topological polar surface area (TPSA) is 131 Å². The van der Waals surface area contributed by atoms with E-state index in [1.54, 1.807) is 24.3 Å². The van der Waals surface area contributed by atoms with Crippen LogP contribution in [0.2, 0.25) is 5.02 Å². The van der Waals surface area contributed by atoms with Crippen molar-refractivity contribution in [1.82, 2.24) is 0 Å². The molecule has 1 atom stereocenters. The maximum absolute atomic E-state index is 12.9. The molecule has 0 bridgehead atoms. The summed E-state index contributed by atoms with van der Waals surface area (Å²) >= 11 is 6.15. The summed E-state index contributed by atoms with van der Waals surface area (Å²) in [6, 6.07) is 15.0. The number of sulfonamides is 2. The average Bonchev–Trinajstić information content (AvgIpc) is 2.84. The van der Waals surface area contributed by atoms with Crippen molar-refractivity contribution < 1.29 is 31.1 Å². The molecule has 0 unspecified atom stereocenters. The minimum absolute atomic E-state index is 0.0278. The molecular weight excluding hydrogens is 542 g/mol. The number of nitrogens with zero attached hydrogens (tertiary/aromatic N) is 1.